The van der Waals surface area contributed by atoms with Crippen molar-refractivity contribution in [1.82, 2.24) is 4.90 Å². The topological polar surface area (TPSA) is 53.3 Å². The average molecular weight is 342 g/mol. The fourth-order valence-corrected chi connectivity index (χ4v) is 3.24. The van der Waals surface area contributed by atoms with Crippen molar-refractivity contribution < 1.29 is 9.53 Å². The molecule has 136 valence electrons. The van der Waals surface area contributed by atoms with Gasteiger partial charge in [-0.3, -0.25) is 0 Å². The molecule has 0 spiro atoms. The van der Waals surface area contributed by atoms with Crippen molar-refractivity contribution >= 4 is 6.09 Å². The predicted molar refractivity (Wildman–Crippen MR) is 99.2 cm³/mol. The summed E-state index contributed by atoms with van der Waals surface area (Å²) in [6, 6.07) is 10.0. The highest BCUT2D eigenvalue weighted by molar-refractivity contribution is 5.68. The van der Waals surface area contributed by atoms with Crippen LogP contribution in [0.15, 0.2) is 24.3 Å². The quantitative estimate of drug-likeness (QED) is 0.714. The molecule has 4 heteroatoms. The number of nitriles is 1. The van der Waals surface area contributed by atoms with Gasteiger partial charge in [0.15, 0.2) is 0 Å². The molecule has 0 unspecified atom stereocenters. The monoisotopic (exact) mass is 342 g/mol. The van der Waals surface area contributed by atoms with Crippen LogP contribution in [0, 0.1) is 17.2 Å². The number of carbonyl (C=O) groups is 1. The fourth-order valence-electron chi connectivity index (χ4n) is 3.24. The van der Waals surface area contributed by atoms with Gasteiger partial charge in [-0.25, -0.2) is 4.79 Å². The summed E-state index contributed by atoms with van der Waals surface area (Å²) in [7, 11) is 0. The van der Waals surface area contributed by atoms with Gasteiger partial charge < -0.3 is 9.64 Å². The molecule has 1 amide bonds. The lowest BCUT2D eigenvalue weighted by Gasteiger charge is -2.33. The summed E-state index contributed by atoms with van der Waals surface area (Å²) in [5.74, 6) is 0.722. The van der Waals surface area contributed by atoms with Crippen LogP contribution in [-0.4, -0.2) is 29.7 Å². The van der Waals surface area contributed by atoms with Gasteiger partial charge in [-0.2, -0.15) is 5.26 Å². The summed E-state index contributed by atoms with van der Waals surface area (Å²) < 4.78 is 5.44. The fraction of sp³-hybridized carbons (Fsp3) is 0.619. The zero-order valence-corrected chi connectivity index (χ0v) is 15.8. The third-order valence-electron chi connectivity index (χ3n) is 4.68. The molecule has 25 heavy (non-hydrogen) atoms. The van der Waals surface area contributed by atoms with Gasteiger partial charge in [-0.05, 0) is 70.1 Å². The predicted octanol–water partition coefficient (Wildman–Crippen LogP) is 4.92. The summed E-state index contributed by atoms with van der Waals surface area (Å²) in [4.78, 5) is 13.9. The second-order valence-corrected chi connectivity index (χ2v) is 7.97. The van der Waals surface area contributed by atoms with E-state index in [0.29, 0.717) is 0 Å². The molecule has 1 aromatic rings. The van der Waals surface area contributed by atoms with Crippen molar-refractivity contribution in [1.29, 1.82) is 5.26 Å². The van der Waals surface area contributed by atoms with Gasteiger partial charge in [0, 0.05) is 13.1 Å². The van der Waals surface area contributed by atoms with E-state index in [1.54, 1.807) is 0 Å². The van der Waals surface area contributed by atoms with E-state index in [4.69, 9.17) is 10.00 Å². The number of nitrogens with zero attached hydrogens (tertiary/aromatic N) is 2. The Morgan fingerprint density at radius 3 is 2.40 bits per heavy atom. The molecule has 1 aromatic carbocycles. The highest BCUT2D eigenvalue weighted by atomic mass is 16.6. The number of carbonyl (C=O) groups excluding carboxylic acids is 1. The van der Waals surface area contributed by atoms with Crippen molar-refractivity contribution in [2.75, 3.05) is 13.1 Å². The van der Waals surface area contributed by atoms with Crippen molar-refractivity contribution in [3.8, 4) is 6.07 Å². The van der Waals surface area contributed by atoms with Crippen LogP contribution in [0.1, 0.15) is 64.0 Å². The van der Waals surface area contributed by atoms with Crippen LogP contribution in [0.3, 0.4) is 0 Å². The first kappa shape index (κ1) is 19.3. The molecule has 0 atom stereocenters. The van der Waals surface area contributed by atoms with Gasteiger partial charge in [-0.1, -0.05) is 25.0 Å². The van der Waals surface area contributed by atoms with E-state index in [0.717, 1.165) is 43.8 Å². The van der Waals surface area contributed by atoms with Gasteiger partial charge in [0.1, 0.15) is 5.60 Å². The molecule has 0 aromatic heterocycles. The Morgan fingerprint density at radius 1 is 1.20 bits per heavy atom. The van der Waals surface area contributed by atoms with Crippen LogP contribution in [0.2, 0.25) is 0 Å². The maximum atomic E-state index is 12.1. The summed E-state index contributed by atoms with van der Waals surface area (Å²) >= 11 is 0. The number of unbranched alkanes of at least 4 members (excludes halogenated alkanes) is 1. The molecular formula is C21H30N2O2. The van der Waals surface area contributed by atoms with Crippen molar-refractivity contribution in [3.63, 3.8) is 0 Å². The number of ether oxygens (including phenoxy) is 1. The van der Waals surface area contributed by atoms with Crippen LogP contribution in [0.25, 0.3) is 0 Å². The molecule has 0 N–H and O–H groups in total. The molecule has 1 aliphatic heterocycles. The van der Waals surface area contributed by atoms with Gasteiger partial charge >= 0.3 is 6.09 Å². The van der Waals surface area contributed by atoms with E-state index in [1.807, 2.05) is 37.8 Å². The lowest BCUT2D eigenvalue weighted by Crippen LogP contribution is -2.41. The molecule has 0 radical (unpaired) electrons. The Bertz CT molecular complexity index is 588. The Balaban J connectivity index is 1.62. The summed E-state index contributed by atoms with van der Waals surface area (Å²) in [5, 5.41) is 8.81. The lowest BCUT2D eigenvalue weighted by molar-refractivity contribution is 0.0180. The number of hydrogen-bond acceptors (Lipinski definition) is 3. The third kappa shape index (κ3) is 6.78. The van der Waals surface area contributed by atoms with Gasteiger partial charge in [0.25, 0.3) is 0 Å². The Kier molecular flexibility index (Phi) is 6.87. The molecule has 0 bridgehead atoms. The van der Waals surface area contributed by atoms with Gasteiger partial charge in [0.05, 0.1) is 11.6 Å². The molecule has 0 aliphatic carbocycles. The molecule has 4 nitrogen and oxygen atoms in total. The minimum Gasteiger partial charge on any atom is -0.444 e. The number of hydrogen-bond donors (Lipinski definition) is 0. The zero-order chi connectivity index (χ0) is 18.3. The van der Waals surface area contributed by atoms with Gasteiger partial charge in [0.2, 0.25) is 0 Å². The molecule has 0 saturated carbocycles. The molecule has 1 heterocycles. The number of benzene rings is 1. The third-order valence-corrected chi connectivity index (χ3v) is 4.68. The molecule has 1 aliphatic rings. The van der Waals surface area contributed by atoms with Crippen LogP contribution in [0.5, 0.6) is 0 Å². The first-order valence-corrected chi connectivity index (χ1v) is 9.34. The Hall–Kier alpha value is -2.02. The van der Waals surface area contributed by atoms with Crippen LogP contribution in [-0.2, 0) is 11.2 Å². The SMILES string of the molecule is CC(C)(C)OC(=O)N1CCC(CCCCc2ccc(C#N)cc2)CC1. The maximum Gasteiger partial charge on any atom is 0.410 e. The second kappa shape index (κ2) is 8.89. The number of piperidine rings is 1. The summed E-state index contributed by atoms with van der Waals surface area (Å²) in [6.07, 6.45) is 6.69. The largest absolute Gasteiger partial charge is 0.444 e. The number of aryl methyl sites for hydroxylation is 1. The molecule has 2 rings (SSSR count). The summed E-state index contributed by atoms with van der Waals surface area (Å²) in [6.45, 7) is 7.35. The van der Waals surface area contributed by atoms with Crippen molar-refractivity contribution in [3.05, 3.63) is 35.4 Å². The highest BCUT2D eigenvalue weighted by Crippen LogP contribution is 2.24. The van der Waals surface area contributed by atoms with E-state index < -0.39 is 5.60 Å². The number of amides is 1. The van der Waals surface area contributed by atoms with E-state index in [2.05, 4.69) is 18.2 Å². The van der Waals surface area contributed by atoms with E-state index in [9.17, 15) is 4.79 Å². The standard InChI is InChI=1S/C21H30N2O2/c1-21(2,3)25-20(24)23-14-12-18(13-15-23)7-5-4-6-17-8-10-19(16-22)11-9-17/h8-11,18H,4-7,12-15H2,1-3H3. The van der Waals surface area contributed by atoms with Gasteiger partial charge in [-0.15, -0.1) is 0 Å². The Morgan fingerprint density at radius 2 is 1.84 bits per heavy atom. The minimum absolute atomic E-state index is 0.174. The van der Waals surface area contributed by atoms with Crippen molar-refractivity contribution in [2.24, 2.45) is 5.92 Å². The molecule has 1 fully saturated rings. The molecular weight excluding hydrogens is 312 g/mol. The van der Waals surface area contributed by atoms with E-state index in [1.165, 1.54) is 24.8 Å². The number of likely N-dealkylation sites (tertiary alicyclic amines) is 1. The summed E-state index contributed by atoms with van der Waals surface area (Å²) in [5.41, 5.74) is 1.61. The lowest BCUT2D eigenvalue weighted by atomic mass is 9.91. The Labute approximate surface area is 151 Å². The van der Waals surface area contributed by atoms with Crippen LogP contribution in [0.4, 0.5) is 4.79 Å². The first-order chi connectivity index (χ1) is 11.9. The second-order valence-electron chi connectivity index (χ2n) is 7.97. The number of rotatable bonds is 5. The average Bonchev–Trinajstić information content (AvgIpc) is 2.58. The highest BCUT2D eigenvalue weighted by Gasteiger charge is 2.26. The van der Waals surface area contributed by atoms with Crippen LogP contribution < -0.4 is 0 Å². The van der Waals surface area contributed by atoms with Crippen molar-refractivity contribution in [2.45, 2.75) is 64.9 Å². The van der Waals surface area contributed by atoms with Crippen LogP contribution >= 0.6 is 0 Å². The smallest absolute Gasteiger partial charge is 0.410 e. The molecule has 1 saturated heterocycles. The minimum atomic E-state index is -0.417. The zero-order valence-electron chi connectivity index (χ0n) is 15.8. The van der Waals surface area contributed by atoms with E-state index >= 15 is 0 Å². The first-order valence-electron chi connectivity index (χ1n) is 9.34. The van der Waals surface area contributed by atoms with E-state index in [-0.39, 0.29) is 6.09 Å². The normalized spacial score (nSPS) is 15.7. The maximum absolute atomic E-state index is 12.1.